The zero-order valence-electron chi connectivity index (χ0n) is 8.26. The normalized spacial score (nSPS) is 31.5. The fraction of sp³-hybridized carbons (Fsp3) is 0.556. The third-order valence-electron chi connectivity index (χ3n) is 2.68. The molecule has 1 aromatic heterocycles. The molecule has 0 aromatic carbocycles. The lowest BCUT2D eigenvalue weighted by Crippen LogP contribution is -2.38. The maximum Gasteiger partial charge on any atom is 0.122 e. The van der Waals surface area contributed by atoms with Crippen LogP contribution >= 0.6 is 11.8 Å². The first kappa shape index (κ1) is 9.53. The Morgan fingerprint density at radius 1 is 1.40 bits per heavy atom. The highest BCUT2D eigenvalue weighted by Crippen LogP contribution is 2.30. The fourth-order valence-corrected chi connectivity index (χ4v) is 3.06. The highest BCUT2D eigenvalue weighted by atomic mass is 32.2. The van der Waals surface area contributed by atoms with Gasteiger partial charge in [0.1, 0.15) is 11.7 Å². The predicted octanol–water partition coefficient (Wildman–Crippen LogP) is 0.305. The quantitative estimate of drug-likeness (QED) is 0.714. The van der Waals surface area contributed by atoms with Crippen LogP contribution in [0.25, 0.3) is 0 Å². The molecule has 2 atom stereocenters. The molecule has 6 heteroatoms. The van der Waals surface area contributed by atoms with Gasteiger partial charge in [-0.05, 0) is 12.2 Å². The van der Waals surface area contributed by atoms with Crippen molar-refractivity contribution in [2.45, 2.75) is 18.1 Å². The minimum atomic E-state index is 0.163. The molecular weight excluding hydrogens is 210 g/mol. The van der Waals surface area contributed by atoms with Gasteiger partial charge in [-0.2, -0.15) is 0 Å². The molecule has 0 radical (unpaired) electrons. The maximum absolute atomic E-state index is 4.34. The second kappa shape index (κ2) is 4.05. The molecule has 0 aliphatic carbocycles. The van der Waals surface area contributed by atoms with Crippen LogP contribution in [-0.2, 0) is 0 Å². The smallest absolute Gasteiger partial charge is 0.122 e. The number of nitrogens with zero attached hydrogens (tertiary/aromatic N) is 3. The van der Waals surface area contributed by atoms with Gasteiger partial charge >= 0.3 is 0 Å². The number of thioether (sulfide) groups is 1. The molecule has 0 amide bonds. The van der Waals surface area contributed by atoms with Crippen LogP contribution in [0.1, 0.15) is 18.3 Å². The minimum absolute atomic E-state index is 0.163. The van der Waals surface area contributed by atoms with Gasteiger partial charge in [0, 0.05) is 18.9 Å². The van der Waals surface area contributed by atoms with Crippen molar-refractivity contribution >= 4 is 11.8 Å². The fourth-order valence-electron chi connectivity index (χ4n) is 1.97. The van der Waals surface area contributed by atoms with Crippen molar-refractivity contribution in [1.82, 2.24) is 25.7 Å². The number of hydrogen-bond acceptors (Lipinski definition) is 6. The van der Waals surface area contributed by atoms with Crippen LogP contribution < -0.4 is 10.9 Å². The average molecular weight is 223 g/mol. The summed E-state index contributed by atoms with van der Waals surface area (Å²) in [5, 5.41) is 0. The van der Waals surface area contributed by atoms with E-state index in [0.29, 0.717) is 5.50 Å². The number of aromatic nitrogens is 2. The van der Waals surface area contributed by atoms with Crippen molar-refractivity contribution in [3.8, 4) is 0 Å². The summed E-state index contributed by atoms with van der Waals surface area (Å²) in [4.78, 5) is 10.8. The summed E-state index contributed by atoms with van der Waals surface area (Å²) in [5.74, 6) is 1.23. The molecule has 15 heavy (non-hydrogen) atoms. The Bertz CT molecular complexity index is 333. The van der Waals surface area contributed by atoms with Crippen molar-refractivity contribution < 1.29 is 0 Å². The van der Waals surface area contributed by atoms with E-state index in [4.69, 9.17) is 0 Å². The van der Waals surface area contributed by atoms with Gasteiger partial charge in [0.25, 0.3) is 0 Å². The standard InChI is InChI=1S/C9H13N5S/c1-4-14-8(7-6-10-2-3-11-7)12-13-9(14)15-5-1/h2-3,6,8-9,12-13H,1,4-5H2/t8-,9+/m1/s1. The van der Waals surface area contributed by atoms with Crippen LogP contribution in [0, 0.1) is 0 Å². The molecule has 2 aliphatic rings. The number of hydrazine groups is 1. The molecule has 3 rings (SSSR count). The highest BCUT2D eigenvalue weighted by molar-refractivity contribution is 7.99. The lowest BCUT2D eigenvalue weighted by atomic mass is 10.3. The lowest BCUT2D eigenvalue weighted by Gasteiger charge is -2.30. The monoisotopic (exact) mass is 223 g/mol. The van der Waals surface area contributed by atoms with E-state index in [0.717, 1.165) is 12.2 Å². The molecule has 2 fully saturated rings. The second-order valence-corrected chi connectivity index (χ2v) is 4.82. The average Bonchev–Trinajstić information content (AvgIpc) is 2.74. The summed E-state index contributed by atoms with van der Waals surface area (Å²) < 4.78 is 0. The predicted molar refractivity (Wildman–Crippen MR) is 58.6 cm³/mol. The van der Waals surface area contributed by atoms with Crippen LogP contribution in [0.4, 0.5) is 0 Å². The zero-order valence-corrected chi connectivity index (χ0v) is 9.07. The summed E-state index contributed by atoms with van der Waals surface area (Å²) >= 11 is 1.94. The largest absolute Gasteiger partial charge is 0.261 e. The van der Waals surface area contributed by atoms with E-state index in [1.54, 1.807) is 12.4 Å². The van der Waals surface area contributed by atoms with E-state index in [-0.39, 0.29) is 6.17 Å². The van der Waals surface area contributed by atoms with Gasteiger partial charge in [-0.25, -0.2) is 10.9 Å². The summed E-state index contributed by atoms with van der Waals surface area (Å²) in [7, 11) is 0. The first-order chi connectivity index (χ1) is 7.45. The Labute approximate surface area is 92.6 Å². The van der Waals surface area contributed by atoms with Crippen molar-refractivity contribution in [3.63, 3.8) is 0 Å². The van der Waals surface area contributed by atoms with Gasteiger partial charge in [-0.1, -0.05) is 0 Å². The zero-order chi connectivity index (χ0) is 10.1. The first-order valence-corrected chi connectivity index (χ1v) is 6.14. The Morgan fingerprint density at radius 2 is 2.40 bits per heavy atom. The van der Waals surface area contributed by atoms with Crippen molar-refractivity contribution in [2.75, 3.05) is 12.3 Å². The third-order valence-corrected chi connectivity index (χ3v) is 3.90. The first-order valence-electron chi connectivity index (χ1n) is 5.09. The van der Waals surface area contributed by atoms with Crippen molar-refractivity contribution in [3.05, 3.63) is 24.3 Å². The van der Waals surface area contributed by atoms with E-state index in [9.17, 15) is 0 Å². The number of fused-ring (bicyclic) bond motifs is 1. The van der Waals surface area contributed by atoms with Gasteiger partial charge in [-0.3, -0.25) is 14.9 Å². The van der Waals surface area contributed by atoms with Gasteiger partial charge in [0.2, 0.25) is 0 Å². The molecular formula is C9H13N5S. The van der Waals surface area contributed by atoms with E-state index < -0.39 is 0 Å². The number of hydrogen-bond donors (Lipinski definition) is 2. The molecule has 2 aliphatic heterocycles. The molecule has 0 saturated carbocycles. The van der Waals surface area contributed by atoms with Crippen LogP contribution in [0.5, 0.6) is 0 Å². The number of rotatable bonds is 1. The molecule has 2 N–H and O–H groups in total. The SMILES string of the molecule is c1cnc([C@@H]2NN[C@@H]3SCCCN32)cn1. The molecule has 2 saturated heterocycles. The summed E-state index contributed by atoms with van der Waals surface area (Å²) in [5.41, 5.74) is 7.91. The van der Waals surface area contributed by atoms with E-state index in [1.807, 2.05) is 18.0 Å². The van der Waals surface area contributed by atoms with Crippen LogP contribution in [0.15, 0.2) is 18.6 Å². The Hall–Kier alpha value is -0.690. The second-order valence-electron chi connectivity index (χ2n) is 3.64. The minimum Gasteiger partial charge on any atom is -0.261 e. The molecule has 0 bridgehead atoms. The topological polar surface area (TPSA) is 53.1 Å². The molecule has 5 nitrogen and oxygen atoms in total. The van der Waals surface area contributed by atoms with Gasteiger partial charge in [0.05, 0.1) is 11.9 Å². The van der Waals surface area contributed by atoms with Crippen molar-refractivity contribution in [2.24, 2.45) is 0 Å². The van der Waals surface area contributed by atoms with Crippen molar-refractivity contribution in [1.29, 1.82) is 0 Å². The van der Waals surface area contributed by atoms with Crippen LogP contribution in [0.3, 0.4) is 0 Å². The Balaban J connectivity index is 1.82. The Morgan fingerprint density at radius 3 is 3.27 bits per heavy atom. The van der Waals surface area contributed by atoms with Gasteiger partial charge in [0.15, 0.2) is 0 Å². The molecule has 1 aromatic rings. The molecule has 0 unspecified atom stereocenters. The Kier molecular flexibility index (Phi) is 2.57. The van der Waals surface area contributed by atoms with Crippen LogP contribution in [0.2, 0.25) is 0 Å². The third kappa shape index (κ3) is 1.74. The highest BCUT2D eigenvalue weighted by Gasteiger charge is 2.36. The molecule has 3 heterocycles. The maximum atomic E-state index is 4.34. The lowest BCUT2D eigenvalue weighted by molar-refractivity contribution is 0.219. The summed E-state index contributed by atoms with van der Waals surface area (Å²) in [6.45, 7) is 1.11. The van der Waals surface area contributed by atoms with Crippen LogP contribution in [-0.4, -0.2) is 32.7 Å². The van der Waals surface area contributed by atoms with Gasteiger partial charge in [-0.15, -0.1) is 11.8 Å². The van der Waals surface area contributed by atoms with E-state index in [2.05, 4.69) is 25.7 Å². The van der Waals surface area contributed by atoms with E-state index in [1.165, 1.54) is 12.2 Å². The summed E-state index contributed by atoms with van der Waals surface area (Å²) in [6.07, 6.45) is 6.66. The van der Waals surface area contributed by atoms with Gasteiger partial charge < -0.3 is 0 Å². The molecule has 80 valence electrons. The summed E-state index contributed by atoms with van der Waals surface area (Å²) in [6, 6.07) is 0. The number of nitrogens with one attached hydrogen (secondary N) is 2. The van der Waals surface area contributed by atoms with E-state index >= 15 is 0 Å². The molecule has 0 spiro atoms.